The van der Waals surface area contributed by atoms with Crippen molar-refractivity contribution in [2.75, 3.05) is 16.3 Å². The molecule has 0 N–H and O–H groups in total. The van der Waals surface area contributed by atoms with Crippen molar-refractivity contribution >= 4 is 60.1 Å². The third-order valence-corrected chi connectivity index (χ3v) is 7.17. The van der Waals surface area contributed by atoms with E-state index in [9.17, 15) is 14.0 Å². The summed E-state index contributed by atoms with van der Waals surface area (Å²) in [5.74, 6) is -1.16. The lowest BCUT2D eigenvalue weighted by Crippen LogP contribution is -2.37. The second-order valence-corrected chi connectivity index (χ2v) is 9.83. The standard InChI is InChI=1S/C25H19BrFN3O2S/c26-18-6-11-21-22(13-18)33-25(28-21)30(14-16-4-2-1-3-5-16)24(32)17-12-23(31)29(15-17)20-9-7-19(27)8-10-20/h1-11,13,17H,12,14-15H2. The molecule has 1 aliphatic heterocycles. The van der Waals surface area contributed by atoms with Crippen LogP contribution in [0.1, 0.15) is 12.0 Å². The first kappa shape index (κ1) is 21.7. The first-order chi connectivity index (χ1) is 16.0. The van der Waals surface area contributed by atoms with Gasteiger partial charge in [-0.25, -0.2) is 9.37 Å². The van der Waals surface area contributed by atoms with Crippen LogP contribution in [0.25, 0.3) is 10.2 Å². The first-order valence-electron chi connectivity index (χ1n) is 10.5. The van der Waals surface area contributed by atoms with E-state index in [2.05, 4.69) is 15.9 Å². The summed E-state index contributed by atoms with van der Waals surface area (Å²) in [6.07, 6.45) is 0.109. The number of thiazole rings is 1. The minimum Gasteiger partial charge on any atom is -0.312 e. The summed E-state index contributed by atoms with van der Waals surface area (Å²) in [4.78, 5) is 34.4. The number of nitrogens with zero attached hydrogens (tertiary/aromatic N) is 3. The fourth-order valence-electron chi connectivity index (χ4n) is 3.97. The van der Waals surface area contributed by atoms with Gasteiger partial charge >= 0.3 is 0 Å². The molecule has 2 heterocycles. The number of aromatic nitrogens is 1. The molecule has 33 heavy (non-hydrogen) atoms. The second kappa shape index (κ2) is 9.03. The molecule has 1 aliphatic rings. The molecule has 1 aromatic heterocycles. The number of carbonyl (C=O) groups excluding carboxylic acids is 2. The van der Waals surface area contributed by atoms with Crippen molar-refractivity contribution in [3.8, 4) is 0 Å². The second-order valence-electron chi connectivity index (χ2n) is 7.90. The highest BCUT2D eigenvalue weighted by Gasteiger charge is 2.38. The van der Waals surface area contributed by atoms with Gasteiger partial charge in [0.05, 0.1) is 22.7 Å². The number of hydrogen-bond donors (Lipinski definition) is 0. The van der Waals surface area contributed by atoms with Crippen LogP contribution in [0.5, 0.6) is 0 Å². The highest BCUT2D eigenvalue weighted by atomic mass is 79.9. The molecule has 5 rings (SSSR count). The van der Waals surface area contributed by atoms with Crippen LogP contribution < -0.4 is 9.80 Å². The fourth-order valence-corrected chi connectivity index (χ4v) is 5.49. The van der Waals surface area contributed by atoms with E-state index >= 15 is 0 Å². The average Bonchev–Trinajstić information content (AvgIpc) is 3.41. The third-order valence-electron chi connectivity index (χ3n) is 5.63. The van der Waals surface area contributed by atoms with Crippen LogP contribution in [0.15, 0.2) is 77.3 Å². The summed E-state index contributed by atoms with van der Waals surface area (Å²) in [5, 5.41) is 0.602. The molecule has 5 nitrogen and oxygen atoms in total. The highest BCUT2D eigenvalue weighted by Crippen LogP contribution is 2.34. The molecule has 0 radical (unpaired) electrons. The predicted molar refractivity (Wildman–Crippen MR) is 132 cm³/mol. The van der Waals surface area contributed by atoms with Crippen LogP contribution >= 0.6 is 27.3 Å². The number of amides is 2. The van der Waals surface area contributed by atoms with Gasteiger partial charge in [-0.3, -0.25) is 14.5 Å². The van der Waals surface area contributed by atoms with Crippen LogP contribution in [-0.2, 0) is 16.1 Å². The lowest BCUT2D eigenvalue weighted by atomic mass is 10.1. The van der Waals surface area contributed by atoms with E-state index < -0.39 is 5.92 Å². The SMILES string of the molecule is O=C1CC(C(=O)N(Cc2ccccc2)c2nc3ccc(Br)cc3s2)CN1c1ccc(F)cc1. The average molecular weight is 524 g/mol. The molecular formula is C25H19BrFN3O2S. The van der Waals surface area contributed by atoms with Crippen molar-refractivity contribution in [1.29, 1.82) is 0 Å². The molecule has 1 unspecified atom stereocenters. The Bertz CT molecular complexity index is 1330. The Morgan fingerprint density at radius 3 is 2.64 bits per heavy atom. The highest BCUT2D eigenvalue weighted by molar-refractivity contribution is 9.10. The van der Waals surface area contributed by atoms with Gasteiger partial charge in [0, 0.05) is 23.1 Å². The zero-order chi connectivity index (χ0) is 22.9. The molecule has 8 heteroatoms. The quantitative estimate of drug-likeness (QED) is 0.333. The number of fused-ring (bicyclic) bond motifs is 1. The Morgan fingerprint density at radius 2 is 1.88 bits per heavy atom. The van der Waals surface area contributed by atoms with Crippen LogP contribution in [0, 0.1) is 11.7 Å². The van der Waals surface area contributed by atoms with Gasteiger partial charge in [-0.1, -0.05) is 57.6 Å². The number of benzene rings is 3. The normalized spacial score (nSPS) is 15.9. The van der Waals surface area contributed by atoms with Crippen molar-refractivity contribution in [2.24, 2.45) is 5.92 Å². The van der Waals surface area contributed by atoms with Gasteiger partial charge in [-0.15, -0.1) is 0 Å². The van der Waals surface area contributed by atoms with Crippen molar-refractivity contribution in [3.05, 3.63) is 88.6 Å². The van der Waals surface area contributed by atoms with Gasteiger partial charge in [-0.05, 0) is 48.0 Å². The predicted octanol–water partition coefficient (Wildman–Crippen LogP) is 5.78. The van der Waals surface area contributed by atoms with E-state index in [4.69, 9.17) is 4.98 Å². The summed E-state index contributed by atoms with van der Waals surface area (Å²) >= 11 is 4.94. The molecular weight excluding hydrogens is 505 g/mol. The van der Waals surface area contributed by atoms with E-state index in [0.29, 0.717) is 17.4 Å². The lowest BCUT2D eigenvalue weighted by molar-refractivity contribution is -0.124. The Morgan fingerprint density at radius 1 is 1.12 bits per heavy atom. The topological polar surface area (TPSA) is 53.5 Å². The van der Waals surface area contributed by atoms with Crippen LogP contribution in [0.2, 0.25) is 0 Å². The van der Waals surface area contributed by atoms with E-state index in [1.165, 1.54) is 23.5 Å². The summed E-state index contributed by atoms with van der Waals surface area (Å²) in [7, 11) is 0. The monoisotopic (exact) mass is 523 g/mol. The van der Waals surface area contributed by atoms with Crippen LogP contribution in [-0.4, -0.2) is 23.3 Å². The largest absolute Gasteiger partial charge is 0.312 e. The molecule has 3 aromatic carbocycles. The zero-order valence-corrected chi connectivity index (χ0v) is 19.9. The zero-order valence-electron chi connectivity index (χ0n) is 17.4. The summed E-state index contributed by atoms with van der Waals surface area (Å²) in [5.41, 5.74) is 2.39. The van der Waals surface area contributed by atoms with Gasteiger partial charge in [0.25, 0.3) is 0 Å². The molecule has 0 bridgehead atoms. The van der Waals surface area contributed by atoms with Crippen molar-refractivity contribution in [2.45, 2.75) is 13.0 Å². The number of carbonyl (C=O) groups is 2. The Kier molecular flexibility index (Phi) is 5.95. The molecule has 166 valence electrons. The Labute approximate surface area is 202 Å². The van der Waals surface area contributed by atoms with Crippen LogP contribution in [0.3, 0.4) is 0 Å². The molecule has 1 atom stereocenters. The Hall–Kier alpha value is -3.10. The van der Waals surface area contributed by atoms with Crippen molar-refractivity contribution < 1.29 is 14.0 Å². The van der Waals surface area contributed by atoms with Gasteiger partial charge in [-0.2, -0.15) is 0 Å². The fraction of sp³-hybridized carbons (Fsp3) is 0.160. The molecule has 0 saturated carbocycles. The molecule has 1 saturated heterocycles. The maximum Gasteiger partial charge on any atom is 0.234 e. The van der Waals surface area contributed by atoms with E-state index in [1.54, 1.807) is 21.9 Å². The molecule has 4 aromatic rings. The number of halogens is 2. The molecule has 1 fully saturated rings. The summed E-state index contributed by atoms with van der Waals surface area (Å²) in [6.45, 7) is 0.618. The first-order valence-corrected chi connectivity index (χ1v) is 12.1. The van der Waals surface area contributed by atoms with Gasteiger partial charge in [0.15, 0.2) is 5.13 Å². The lowest BCUT2D eigenvalue weighted by Gasteiger charge is -2.23. The summed E-state index contributed by atoms with van der Waals surface area (Å²) < 4.78 is 15.2. The van der Waals surface area contributed by atoms with E-state index in [0.717, 1.165) is 20.3 Å². The van der Waals surface area contributed by atoms with Crippen LogP contribution in [0.4, 0.5) is 15.2 Å². The maximum absolute atomic E-state index is 13.7. The Balaban J connectivity index is 1.46. The minimum absolute atomic E-state index is 0.109. The number of anilines is 2. The van der Waals surface area contributed by atoms with E-state index in [1.807, 2.05) is 48.5 Å². The smallest absolute Gasteiger partial charge is 0.234 e. The van der Waals surface area contributed by atoms with Gasteiger partial charge < -0.3 is 4.90 Å². The minimum atomic E-state index is -0.509. The van der Waals surface area contributed by atoms with Crippen molar-refractivity contribution in [3.63, 3.8) is 0 Å². The molecule has 0 aliphatic carbocycles. The molecule has 0 spiro atoms. The number of hydrogen-bond acceptors (Lipinski definition) is 4. The summed E-state index contributed by atoms with van der Waals surface area (Å²) in [6, 6.07) is 21.3. The van der Waals surface area contributed by atoms with Gasteiger partial charge in [0.2, 0.25) is 11.8 Å². The molecule has 2 amide bonds. The van der Waals surface area contributed by atoms with Gasteiger partial charge in [0.1, 0.15) is 5.82 Å². The van der Waals surface area contributed by atoms with E-state index in [-0.39, 0.29) is 30.6 Å². The maximum atomic E-state index is 13.7. The number of rotatable bonds is 5. The third kappa shape index (κ3) is 4.54. The van der Waals surface area contributed by atoms with Crippen molar-refractivity contribution in [1.82, 2.24) is 4.98 Å².